The van der Waals surface area contributed by atoms with Gasteiger partial charge in [0.05, 0.1) is 5.52 Å². The van der Waals surface area contributed by atoms with Crippen molar-refractivity contribution >= 4 is 28.3 Å². The third kappa shape index (κ3) is 3.72. The highest BCUT2D eigenvalue weighted by atomic mass is 16.1. The van der Waals surface area contributed by atoms with Gasteiger partial charge in [-0.1, -0.05) is 12.1 Å². The van der Waals surface area contributed by atoms with Gasteiger partial charge in [0.2, 0.25) is 5.91 Å². The lowest BCUT2D eigenvalue weighted by atomic mass is 9.97. The summed E-state index contributed by atoms with van der Waals surface area (Å²) in [6, 6.07) is 14.5. The SMILES string of the molecule is CC(=O)Nc1ccc2c(c1)CN(c1ncnc3c(C)cc(-c4cccnc4)cc13)CC2. The Bertz CT molecular complexity index is 1290. The van der Waals surface area contributed by atoms with Crippen molar-refractivity contribution in [2.75, 3.05) is 16.8 Å². The molecule has 0 atom stereocenters. The van der Waals surface area contributed by atoms with Crippen LogP contribution in [0.2, 0.25) is 0 Å². The van der Waals surface area contributed by atoms with Gasteiger partial charge in [-0.2, -0.15) is 0 Å². The summed E-state index contributed by atoms with van der Waals surface area (Å²) in [6.07, 6.45) is 6.25. The number of amides is 1. The quantitative estimate of drug-likeness (QED) is 0.539. The number of aromatic nitrogens is 3. The van der Waals surface area contributed by atoms with Gasteiger partial charge in [0.1, 0.15) is 12.1 Å². The smallest absolute Gasteiger partial charge is 0.221 e. The normalized spacial score (nSPS) is 13.2. The van der Waals surface area contributed by atoms with Crippen molar-refractivity contribution in [3.8, 4) is 11.1 Å². The summed E-state index contributed by atoms with van der Waals surface area (Å²) in [5.41, 5.74) is 7.63. The van der Waals surface area contributed by atoms with Crippen molar-refractivity contribution in [3.63, 3.8) is 0 Å². The molecule has 31 heavy (non-hydrogen) atoms. The van der Waals surface area contributed by atoms with Crippen LogP contribution in [0.4, 0.5) is 11.5 Å². The standard InChI is InChI=1S/C25H23N5O/c1-16-10-20(19-4-3-8-26-13-19)12-23-24(16)27-15-28-25(23)30-9-7-18-5-6-22(29-17(2)31)11-21(18)14-30/h3-6,8,10-13,15H,7,9,14H2,1-2H3,(H,29,31). The van der Waals surface area contributed by atoms with Crippen LogP contribution in [-0.4, -0.2) is 27.4 Å². The second-order valence-corrected chi connectivity index (χ2v) is 7.96. The zero-order chi connectivity index (χ0) is 21.4. The summed E-state index contributed by atoms with van der Waals surface area (Å²) in [6.45, 7) is 5.24. The fourth-order valence-corrected chi connectivity index (χ4v) is 4.30. The lowest BCUT2D eigenvalue weighted by molar-refractivity contribution is -0.114. The molecule has 1 N–H and O–H groups in total. The van der Waals surface area contributed by atoms with Crippen LogP contribution in [0.1, 0.15) is 23.6 Å². The number of aryl methyl sites for hydroxylation is 1. The van der Waals surface area contributed by atoms with Crippen LogP contribution in [0.15, 0.2) is 61.2 Å². The molecule has 0 fully saturated rings. The zero-order valence-electron chi connectivity index (χ0n) is 17.6. The first-order chi connectivity index (χ1) is 15.1. The molecule has 0 saturated heterocycles. The number of fused-ring (bicyclic) bond motifs is 2. The van der Waals surface area contributed by atoms with Gasteiger partial charge in [-0.25, -0.2) is 9.97 Å². The minimum Gasteiger partial charge on any atom is -0.351 e. The lowest BCUT2D eigenvalue weighted by Gasteiger charge is -2.31. The molecule has 0 bridgehead atoms. The summed E-state index contributed by atoms with van der Waals surface area (Å²) in [5.74, 6) is 0.877. The molecule has 0 radical (unpaired) electrons. The van der Waals surface area contributed by atoms with E-state index in [0.29, 0.717) is 0 Å². The van der Waals surface area contributed by atoms with Crippen LogP contribution < -0.4 is 10.2 Å². The molecule has 0 saturated carbocycles. The first kappa shape index (κ1) is 19.2. The Hall–Kier alpha value is -3.80. The zero-order valence-corrected chi connectivity index (χ0v) is 17.6. The molecule has 3 heterocycles. The molecular formula is C25H23N5O. The van der Waals surface area contributed by atoms with E-state index in [4.69, 9.17) is 0 Å². The summed E-state index contributed by atoms with van der Waals surface area (Å²) in [4.78, 5) is 27.3. The molecule has 5 rings (SSSR count). The molecule has 4 aromatic rings. The minimum absolute atomic E-state index is 0.0622. The highest BCUT2D eigenvalue weighted by Gasteiger charge is 2.21. The van der Waals surface area contributed by atoms with E-state index >= 15 is 0 Å². The Morgan fingerprint density at radius 2 is 1.97 bits per heavy atom. The molecule has 2 aromatic carbocycles. The Morgan fingerprint density at radius 3 is 2.77 bits per heavy atom. The Balaban J connectivity index is 1.56. The molecule has 1 aliphatic rings. The first-order valence-corrected chi connectivity index (χ1v) is 10.4. The third-order valence-corrected chi connectivity index (χ3v) is 5.74. The first-order valence-electron chi connectivity index (χ1n) is 10.4. The van der Waals surface area contributed by atoms with Crippen LogP contribution in [0.3, 0.4) is 0 Å². The number of hydrogen-bond donors (Lipinski definition) is 1. The molecule has 1 aliphatic heterocycles. The molecule has 0 unspecified atom stereocenters. The maximum atomic E-state index is 11.5. The van der Waals surface area contributed by atoms with Crippen molar-refractivity contribution in [3.05, 3.63) is 77.9 Å². The van der Waals surface area contributed by atoms with Crippen LogP contribution in [0, 0.1) is 6.92 Å². The number of nitrogens with zero attached hydrogens (tertiary/aromatic N) is 4. The van der Waals surface area contributed by atoms with E-state index < -0.39 is 0 Å². The number of nitrogens with one attached hydrogen (secondary N) is 1. The van der Waals surface area contributed by atoms with Crippen molar-refractivity contribution in [1.29, 1.82) is 0 Å². The minimum atomic E-state index is -0.0622. The number of rotatable bonds is 3. The lowest BCUT2D eigenvalue weighted by Crippen LogP contribution is -2.31. The molecule has 0 spiro atoms. The van der Waals surface area contributed by atoms with E-state index in [-0.39, 0.29) is 5.91 Å². The number of carbonyl (C=O) groups excluding carboxylic acids is 1. The van der Waals surface area contributed by atoms with E-state index in [9.17, 15) is 4.79 Å². The largest absolute Gasteiger partial charge is 0.351 e. The second kappa shape index (κ2) is 7.80. The van der Waals surface area contributed by atoms with Gasteiger partial charge in [0.25, 0.3) is 0 Å². The number of hydrogen-bond acceptors (Lipinski definition) is 5. The van der Waals surface area contributed by atoms with Crippen molar-refractivity contribution in [2.45, 2.75) is 26.8 Å². The summed E-state index contributed by atoms with van der Waals surface area (Å²) >= 11 is 0. The Labute approximate surface area is 181 Å². The average Bonchev–Trinajstić information content (AvgIpc) is 2.78. The van der Waals surface area contributed by atoms with Gasteiger partial charge in [0.15, 0.2) is 0 Å². The van der Waals surface area contributed by atoms with Gasteiger partial charge < -0.3 is 10.2 Å². The topological polar surface area (TPSA) is 71.0 Å². The van der Waals surface area contributed by atoms with E-state index in [2.05, 4.69) is 62.4 Å². The van der Waals surface area contributed by atoms with Gasteiger partial charge in [-0.05, 0) is 65.9 Å². The number of anilines is 2. The van der Waals surface area contributed by atoms with E-state index in [0.717, 1.165) is 58.6 Å². The van der Waals surface area contributed by atoms with Gasteiger partial charge in [0, 0.05) is 49.0 Å². The number of pyridine rings is 1. The van der Waals surface area contributed by atoms with Crippen molar-refractivity contribution in [2.24, 2.45) is 0 Å². The molecule has 2 aromatic heterocycles. The highest BCUT2D eigenvalue weighted by molar-refractivity contribution is 5.95. The van der Waals surface area contributed by atoms with E-state index in [1.54, 1.807) is 12.5 Å². The Morgan fingerprint density at radius 1 is 1.06 bits per heavy atom. The highest BCUT2D eigenvalue weighted by Crippen LogP contribution is 2.33. The molecular weight excluding hydrogens is 386 g/mol. The van der Waals surface area contributed by atoms with Gasteiger partial charge in [-0.15, -0.1) is 0 Å². The van der Waals surface area contributed by atoms with Crippen molar-refractivity contribution in [1.82, 2.24) is 15.0 Å². The maximum absolute atomic E-state index is 11.5. The molecule has 154 valence electrons. The maximum Gasteiger partial charge on any atom is 0.221 e. The Kier molecular flexibility index (Phi) is 4.82. The molecule has 0 aliphatic carbocycles. The molecule has 6 heteroatoms. The molecule has 6 nitrogen and oxygen atoms in total. The number of benzene rings is 2. The van der Waals surface area contributed by atoms with E-state index in [1.165, 1.54) is 18.1 Å². The summed E-state index contributed by atoms with van der Waals surface area (Å²) < 4.78 is 0. The predicted molar refractivity (Wildman–Crippen MR) is 123 cm³/mol. The average molecular weight is 409 g/mol. The second-order valence-electron chi connectivity index (χ2n) is 7.96. The fourth-order valence-electron chi connectivity index (χ4n) is 4.30. The number of carbonyl (C=O) groups is 1. The van der Waals surface area contributed by atoms with Crippen molar-refractivity contribution < 1.29 is 4.79 Å². The summed E-state index contributed by atoms with van der Waals surface area (Å²) in [7, 11) is 0. The van der Waals surface area contributed by atoms with E-state index in [1.807, 2.05) is 18.3 Å². The predicted octanol–water partition coefficient (Wildman–Crippen LogP) is 4.52. The van der Waals surface area contributed by atoms with Gasteiger partial charge in [-0.3, -0.25) is 9.78 Å². The van der Waals surface area contributed by atoms with Crippen LogP contribution in [-0.2, 0) is 17.8 Å². The monoisotopic (exact) mass is 409 g/mol. The van der Waals surface area contributed by atoms with Crippen LogP contribution in [0.5, 0.6) is 0 Å². The van der Waals surface area contributed by atoms with Crippen LogP contribution in [0.25, 0.3) is 22.0 Å². The fraction of sp³-hybridized carbons (Fsp3) is 0.200. The third-order valence-electron chi connectivity index (χ3n) is 5.74. The van der Waals surface area contributed by atoms with Crippen LogP contribution >= 0.6 is 0 Å². The summed E-state index contributed by atoms with van der Waals surface area (Å²) in [5, 5.41) is 3.93. The molecule has 1 amide bonds. The van der Waals surface area contributed by atoms with Gasteiger partial charge >= 0.3 is 0 Å².